The van der Waals surface area contributed by atoms with Gasteiger partial charge in [-0.3, -0.25) is 4.79 Å². The van der Waals surface area contributed by atoms with Gasteiger partial charge in [-0.1, -0.05) is 13.8 Å². The summed E-state index contributed by atoms with van der Waals surface area (Å²) in [7, 11) is -3.10. The number of aryl methyl sites for hydroxylation is 1. The van der Waals surface area contributed by atoms with Crippen molar-refractivity contribution in [1.29, 1.82) is 0 Å². The van der Waals surface area contributed by atoms with Crippen molar-refractivity contribution in [3.8, 4) is 5.75 Å². The largest absolute Gasteiger partial charge is 0.493 e. The smallest absolute Gasteiger partial charge is 0.449 e. The van der Waals surface area contributed by atoms with Gasteiger partial charge in [0.15, 0.2) is 9.84 Å². The Kier molecular flexibility index (Phi) is 7.05. The summed E-state index contributed by atoms with van der Waals surface area (Å²) in [6, 6.07) is 3.38. The van der Waals surface area contributed by atoms with Crippen LogP contribution in [-0.2, 0) is 21.1 Å². The molecule has 0 spiro atoms. The highest BCUT2D eigenvalue weighted by Gasteiger charge is 2.37. The molecule has 0 bridgehead atoms. The number of hydrogen-bond donors (Lipinski definition) is 0. The minimum Gasteiger partial charge on any atom is -0.493 e. The van der Waals surface area contributed by atoms with Crippen molar-refractivity contribution in [2.45, 2.75) is 51.1 Å². The van der Waals surface area contributed by atoms with Crippen molar-refractivity contribution in [2.24, 2.45) is 5.92 Å². The van der Waals surface area contributed by atoms with Gasteiger partial charge in [0, 0.05) is 19.1 Å². The quantitative estimate of drug-likeness (QED) is 0.795. The van der Waals surface area contributed by atoms with Crippen molar-refractivity contribution in [1.82, 2.24) is 0 Å². The van der Waals surface area contributed by atoms with E-state index in [4.69, 9.17) is 4.74 Å². The zero-order valence-corrected chi connectivity index (χ0v) is 15.6. The standard InChI is InChI=1S/C10H12O3S.C7H11F3O/c1-7-5-9(14(2,11)12)6-8-3-4-13-10(7)8;1-5(2)3-4-6(11)7(8,9)10/h5-6H,3-4H2,1-2H3;5H,3-4H2,1-2H3. The van der Waals surface area contributed by atoms with Gasteiger partial charge in [0.2, 0.25) is 5.78 Å². The van der Waals surface area contributed by atoms with E-state index in [1.807, 2.05) is 6.92 Å². The molecule has 0 aromatic heterocycles. The first-order valence-corrected chi connectivity index (χ1v) is 9.78. The number of Topliss-reactive ketones (excluding diaryl/α,β-unsaturated/α-hetero) is 1. The van der Waals surface area contributed by atoms with E-state index >= 15 is 0 Å². The van der Waals surface area contributed by atoms with E-state index < -0.39 is 21.8 Å². The molecular weight excluding hydrogens is 357 g/mol. The highest BCUT2D eigenvalue weighted by atomic mass is 32.2. The fourth-order valence-corrected chi connectivity index (χ4v) is 2.99. The third-order valence-corrected chi connectivity index (χ3v) is 4.73. The summed E-state index contributed by atoms with van der Waals surface area (Å²) in [5.74, 6) is -0.620. The zero-order chi connectivity index (χ0) is 19.4. The molecule has 8 heteroatoms. The third kappa shape index (κ3) is 6.68. The molecule has 1 aromatic carbocycles. The molecule has 1 aliphatic rings. The second-order valence-corrected chi connectivity index (χ2v) is 8.47. The number of carbonyl (C=O) groups excluding carboxylic acids is 1. The Labute approximate surface area is 146 Å². The lowest BCUT2D eigenvalue weighted by atomic mass is 10.1. The normalized spacial score (nSPS) is 13.8. The molecule has 0 aliphatic carbocycles. The SMILES string of the molecule is CC(C)CCC(=O)C(F)(F)F.Cc1cc(S(C)(=O)=O)cc2c1OCC2. The maximum Gasteiger partial charge on any atom is 0.449 e. The number of fused-ring (bicyclic) bond motifs is 1. The number of carbonyl (C=O) groups is 1. The molecule has 0 saturated heterocycles. The second-order valence-electron chi connectivity index (χ2n) is 6.45. The third-order valence-electron chi connectivity index (χ3n) is 3.64. The number of hydrogen-bond acceptors (Lipinski definition) is 4. The van der Waals surface area contributed by atoms with Gasteiger partial charge in [0.05, 0.1) is 11.5 Å². The van der Waals surface area contributed by atoms with E-state index in [-0.39, 0.29) is 12.3 Å². The van der Waals surface area contributed by atoms with Crippen LogP contribution in [0.4, 0.5) is 13.2 Å². The molecule has 1 heterocycles. The summed E-state index contributed by atoms with van der Waals surface area (Å²) in [5.41, 5.74) is 1.91. The van der Waals surface area contributed by atoms with Gasteiger partial charge in [0.1, 0.15) is 5.75 Å². The van der Waals surface area contributed by atoms with Crippen LogP contribution in [0.1, 0.15) is 37.8 Å². The van der Waals surface area contributed by atoms with Gasteiger partial charge < -0.3 is 4.74 Å². The second kappa shape index (κ2) is 8.21. The maximum atomic E-state index is 11.6. The first-order valence-electron chi connectivity index (χ1n) is 7.88. The minimum atomic E-state index is -4.64. The van der Waals surface area contributed by atoms with Gasteiger partial charge in [-0.05, 0) is 42.5 Å². The summed E-state index contributed by atoms with van der Waals surface area (Å²) in [4.78, 5) is 10.6. The Morgan fingerprint density at radius 1 is 1.28 bits per heavy atom. The molecule has 0 unspecified atom stereocenters. The van der Waals surface area contributed by atoms with Crippen LogP contribution in [0, 0.1) is 12.8 Å². The number of alkyl halides is 3. The molecule has 0 atom stereocenters. The fraction of sp³-hybridized carbons (Fsp3) is 0.588. The van der Waals surface area contributed by atoms with Crippen molar-refractivity contribution in [3.63, 3.8) is 0 Å². The molecule has 0 N–H and O–H groups in total. The predicted molar refractivity (Wildman–Crippen MR) is 88.6 cm³/mol. The Hall–Kier alpha value is -1.57. The van der Waals surface area contributed by atoms with Crippen molar-refractivity contribution < 1.29 is 31.1 Å². The molecule has 0 radical (unpaired) electrons. The van der Waals surface area contributed by atoms with Gasteiger partial charge in [-0.15, -0.1) is 0 Å². The molecule has 4 nitrogen and oxygen atoms in total. The minimum absolute atomic E-state index is 0.140. The molecule has 25 heavy (non-hydrogen) atoms. The van der Waals surface area contributed by atoms with Crippen LogP contribution in [0.2, 0.25) is 0 Å². The molecule has 0 saturated carbocycles. The van der Waals surface area contributed by atoms with E-state index in [0.29, 0.717) is 17.9 Å². The first-order chi connectivity index (χ1) is 11.3. The highest BCUT2D eigenvalue weighted by Crippen LogP contribution is 2.31. The molecule has 2 rings (SSSR count). The van der Waals surface area contributed by atoms with Crippen LogP contribution in [-0.4, -0.2) is 33.2 Å². The van der Waals surface area contributed by atoms with Crippen molar-refractivity contribution in [3.05, 3.63) is 23.3 Å². The monoisotopic (exact) mass is 380 g/mol. The number of ether oxygens (including phenoxy) is 1. The van der Waals surface area contributed by atoms with Gasteiger partial charge >= 0.3 is 6.18 Å². The van der Waals surface area contributed by atoms with E-state index in [9.17, 15) is 26.4 Å². The first kappa shape index (κ1) is 21.5. The van der Waals surface area contributed by atoms with Crippen LogP contribution in [0.25, 0.3) is 0 Å². The summed E-state index contributed by atoms with van der Waals surface area (Å²) < 4.78 is 62.7. The van der Waals surface area contributed by atoms with Crippen LogP contribution in [0.5, 0.6) is 5.75 Å². The van der Waals surface area contributed by atoms with E-state index in [2.05, 4.69) is 0 Å². The molecular formula is C17H23F3O4S. The number of ketones is 1. The van der Waals surface area contributed by atoms with Crippen LogP contribution < -0.4 is 4.74 Å². The average molecular weight is 380 g/mol. The van der Waals surface area contributed by atoms with Crippen LogP contribution >= 0.6 is 0 Å². The Morgan fingerprint density at radius 2 is 1.88 bits per heavy atom. The molecule has 0 amide bonds. The predicted octanol–water partition coefficient (Wildman–Crippen LogP) is 3.89. The van der Waals surface area contributed by atoms with Crippen molar-refractivity contribution in [2.75, 3.05) is 12.9 Å². The van der Waals surface area contributed by atoms with E-state index in [1.54, 1.807) is 26.0 Å². The molecule has 1 aromatic rings. The number of rotatable bonds is 4. The van der Waals surface area contributed by atoms with Crippen molar-refractivity contribution >= 4 is 15.6 Å². The lowest BCUT2D eigenvalue weighted by Crippen LogP contribution is -2.22. The summed E-state index contributed by atoms with van der Waals surface area (Å²) in [6.45, 7) is 6.09. The van der Waals surface area contributed by atoms with Gasteiger partial charge in [-0.25, -0.2) is 8.42 Å². The lowest BCUT2D eigenvalue weighted by molar-refractivity contribution is -0.171. The van der Waals surface area contributed by atoms with Crippen LogP contribution in [0.15, 0.2) is 17.0 Å². The Bertz CT molecular complexity index is 722. The summed E-state index contributed by atoms with van der Waals surface area (Å²) in [5, 5.41) is 0. The van der Waals surface area contributed by atoms with Gasteiger partial charge in [-0.2, -0.15) is 13.2 Å². The zero-order valence-electron chi connectivity index (χ0n) is 14.7. The lowest BCUT2D eigenvalue weighted by Gasteiger charge is -2.06. The van der Waals surface area contributed by atoms with E-state index in [1.165, 1.54) is 6.26 Å². The molecule has 1 aliphatic heterocycles. The Morgan fingerprint density at radius 3 is 2.36 bits per heavy atom. The summed E-state index contributed by atoms with van der Waals surface area (Å²) in [6.07, 6.45) is -2.70. The van der Waals surface area contributed by atoms with Gasteiger partial charge in [0.25, 0.3) is 0 Å². The fourth-order valence-electron chi connectivity index (χ4n) is 2.24. The number of sulfone groups is 1. The number of halogens is 3. The van der Waals surface area contributed by atoms with E-state index in [0.717, 1.165) is 23.3 Å². The molecule has 142 valence electrons. The molecule has 0 fully saturated rings. The summed E-state index contributed by atoms with van der Waals surface area (Å²) >= 11 is 0. The maximum absolute atomic E-state index is 11.6. The topological polar surface area (TPSA) is 60.4 Å². The Balaban J connectivity index is 0.000000260. The van der Waals surface area contributed by atoms with Crippen LogP contribution in [0.3, 0.4) is 0 Å². The number of benzene rings is 1. The average Bonchev–Trinajstić information content (AvgIpc) is 2.92. The highest BCUT2D eigenvalue weighted by molar-refractivity contribution is 7.90.